The van der Waals surface area contributed by atoms with Gasteiger partial charge in [-0.25, -0.2) is 0 Å². The molecule has 2 heterocycles. The first kappa shape index (κ1) is 24.7. The summed E-state index contributed by atoms with van der Waals surface area (Å²) >= 11 is 0. The van der Waals surface area contributed by atoms with Crippen molar-refractivity contribution in [1.82, 2.24) is 9.55 Å². The van der Waals surface area contributed by atoms with Crippen molar-refractivity contribution in [3.63, 3.8) is 0 Å². The van der Waals surface area contributed by atoms with Gasteiger partial charge in [0.1, 0.15) is 5.75 Å². The van der Waals surface area contributed by atoms with Gasteiger partial charge < -0.3 is 14.3 Å². The van der Waals surface area contributed by atoms with Gasteiger partial charge in [-0.15, -0.1) is 0 Å². The lowest BCUT2D eigenvalue weighted by molar-refractivity contribution is 0.340. The first-order chi connectivity index (χ1) is 20.3. The van der Waals surface area contributed by atoms with E-state index < -0.39 is 0 Å². The fourth-order valence-corrected chi connectivity index (χ4v) is 5.71. The molecular weight excluding hydrogens is 500 g/mol. The van der Waals surface area contributed by atoms with Gasteiger partial charge in [0.15, 0.2) is 0 Å². The monoisotopic (exact) mass is 530 g/mol. The summed E-state index contributed by atoms with van der Waals surface area (Å²) < 4.78 is 7.88. The molecule has 1 N–H and O–H groups in total. The van der Waals surface area contributed by atoms with E-state index in [0.717, 1.165) is 5.75 Å². The van der Waals surface area contributed by atoms with Crippen LogP contribution in [0, 0.1) is 0 Å². The predicted molar refractivity (Wildman–Crippen MR) is 173 cm³/mol. The zero-order valence-electron chi connectivity index (χ0n) is 22.9. The maximum Gasteiger partial charge on any atom is 0.119 e. The number of rotatable bonds is 4. The summed E-state index contributed by atoms with van der Waals surface area (Å²) in [7, 11) is 0. The number of nitrogens with zero attached hydrogens (tertiary/aromatic N) is 1. The van der Waals surface area contributed by atoms with E-state index in [1.165, 1.54) is 60.4 Å². The van der Waals surface area contributed by atoms with Crippen LogP contribution < -0.4 is 4.74 Å². The van der Waals surface area contributed by atoms with Crippen molar-refractivity contribution >= 4 is 43.6 Å². The molecule has 6 aromatic carbocycles. The number of benzene rings is 6. The molecule has 41 heavy (non-hydrogen) atoms. The van der Waals surface area contributed by atoms with Crippen LogP contribution in [0.2, 0.25) is 0 Å². The summed E-state index contributed by atoms with van der Waals surface area (Å²) in [4.78, 5) is 3.38. The molecule has 0 amide bonds. The van der Waals surface area contributed by atoms with Crippen molar-refractivity contribution in [3.05, 3.63) is 146 Å². The van der Waals surface area contributed by atoms with Crippen molar-refractivity contribution in [2.45, 2.75) is 6.92 Å². The molecule has 0 aliphatic rings. The highest BCUT2D eigenvalue weighted by molar-refractivity contribution is 6.09. The van der Waals surface area contributed by atoms with E-state index >= 15 is 0 Å². The lowest BCUT2D eigenvalue weighted by Gasteiger charge is -2.10. The molecule has 0 fully saturated rings. The van der Waals surface area contributed by atoms with Crippen LogP contribution in [-0.2, 0) is 0 Å². The van der Waals surface area contributed by atoms with E-state index in [2.05, 4.69) is 143 Å². The van der Waals surface area contributed by atoms with Gasteiger partial charge in [-0.2, -0.15) is 0 Å². The highest BCUT2D eigenvalue weighted by Crippen LogP contribution is 2.32. The van der Waals surface area contributed by atoms with Gasteiger partial charge in [-0.1, -0.05) is 97.1 Å². The van der Waals surface area contributed by atoms with Crippen LogP contribution in [0.4, 0.5) is 0 Å². The standard InChI is InChI=1S/C26H21NO.C12H9N/c1-2-28-22-17-13-20(14-18-22)19-11-15-21(16-12-19)27-25-9-5-3-7-23(25)24-8-4-6-10-26(24)27;1-3-7-11-9(5-1)10-6-2-4-8-12(10)13-11/h3-18H,2H2,1H3;1-8,13H. The molecule has 8 rings (SSSR count). The van der Waals surface area contributed by atoms with E-state index in [1.54, 1.807) is 0 Å². The van der Waals surface area contributed by atoms with Crippen molar-refractivity contribution in [3.8, 4) is 22.6 Å². The number of fused-ring (bicyclic) bond motifs is 6. The summed E-state index contributed by atoms with van der Waals surface area (Å²) in [6, 6.07) is 51.0. The quantitative estimate of drug-likeness (QED) is 0.241. The lowest BCUT2D eigenvalue weighted by atomic mass is 10.1. The Kier molecular flexibility index (Phi) is 6.46. The average molecular weight is 531 g/mol. The fraction of sp³-hybridized carbons (Fsp3) is 0.0526. The number of hydrogen-bond donors (Lipinski definition) is 1. The maximum absolute atomic E-state index is 5.54. The van der Waals surface area contributed by atoms with Crippen LogP contribution in [0.15, 0.2) is 146 Å². The Morgan fingerprint density at radius 1 is 0.488 bits per heavy atom. The molecule has 3 nitrogen and oxygen atoms in total. The molecule has 8 aromatic rings. The molecule has 0 saturated heterocycles. The second-order valence-electron chi connectivity index (χ2n) is 10.1. The molecule has 0 unspecified atom stereocenters. The smallest absolute Gasteiger partial charge is 0.119 e. The molecule has 0 bridgehead atoms. The second-order valence-corrected chi connectivity index (χ2v) is 10.1. The first-order valence-electron chi connectivity index (χ1n) is 14.1. The minimum absolute atomic E-state index is 0.687. The third kappa shape index (κ3) is 4.62. The summed E-state index contributed by atoms with van der Waals surface area (Å²) in [5.74, 6) is 0.910. The Hall–Kier alpha value is -5.28. The Balaban J connectivity index is 0.000000176. The van der Waals surface area contributed by atoms with Gasteiger partial charge >= 0.3 is 0 Å². The van der Waals surface area contributed by atoms with Crippen LogP contribution in [-0.4, -0.2) is 16.2 Å². The van der Waals surface area contributed by atoms with Gasteiger partial charge in [-0.3, -0.25) is 0 Å². The zero-order chi connectivity index (χ0) is 27.6. The van der Waals surface area contributed by atoms with Crippen LogP contribution in [0.3, 0.4) is 0 Å². The Morgan fingerprint density at radius 3 is 1.44 bits per heavy atom. The van der Waals surface area contributed by atoms with Gasteiger partial charge in [0, 0.05) is 38.3 Å². The minimum Gasteiger partial charge on any atom is -0.494 e. The van der Waals surface area contributed by atoms with Crippen LogP contribution in [0.5, 0.6) is 5.75 Å². The SMILES string of the molecule is CCOc1ccc(-c2ccc(-n3c4ccccc4c4ccccc43)cc2)cc1.c1ccc2c(c1)[nH]c1ccccc12. The number of nitrogens with one attached hydrogen (secondary N) is 1. The molecule has 2 aromatic heterocycles. The summed E-state index contributed by atoms with van der Waals surface area (Å²) in [6.45, 7) is 2.69. The van der Waals surface area contributed by atoms with Gasteiger partial charge in [0.25, 0.3) is 0 Å². The topological polar surface area (TPSA) is 29.9 Å². The molecule has 0 aliphatic heterocycles. The van der Waals surface area contributed by atoms with Crippen LogP contribution in [0.1, 0.15) is 6.92 Å². The second kappa shape index (κ2) is 10.7. The summed E-state index contributed by atoms with van der Waals surface area (Å²) in [5, 5.41) is 5.18. The van der Waals surface area contributed by atoms with E-state index in [9.17, 15) is 0 Å². The largest absolute Gasteiger partial charge is 0.494 e. The predicted octanol–water partition coefficient (Wildman–Crippen LogP) is 10.2. The third-order valence-electron chi connectivity index (χ3n) is 7.62. The van der Waals surface area contributed by atoms with Crippen molar-refractivity contribution in [1.29, 1.82) is 0 Å². The normalized spacial score (nSPS) is 11.1. The molecule has 0 spiro atoms. The molecule has 198 valence electrons. The van der Waals surface area contributed by atoms with Crippen LogP contribution >= 0.6 is 0 Å². The van der Waals surface area contributed by atoms with Gasteiger partial charge in [-0.05, 0) is 66.6 Å². The van der Waals surface area contributed by atoms with Gasteiger partial charge in [0.2, 0.25) is 0 Å². The fourth-order valence-electron chi connectivity index (χ4n) is 5.71. The van der Waals surface area contributed by atoms with E-state index in [-0.39, 0.29) is 0 Å². The first-order valence-corrected chi connectivity index (χ1v) is 14.1. The maximum atomic E-state index is 5.54. The molecule has 0 radical (unpaired) electrons. The lowest BCUT2D eigenvalue weighted by Crippen LogP contribution is -1.93. The number of ether oxygens (including phenoxy) is 1. The molecule has 3 heteroatoms. The van der Waals surface area contributed by atoms with E-state index in [0.29, 0.717) is 6.61 Å². The highest BCUT2D eigenvalue weighted by atomic mass is 16.5. The highest BCUT2D eigenvalue weighted by Gasteiger charge is 2.11. The number of H-pyrrole nitrogens is 1. The summed E-state index contributed by atoms with van der Waals surface area (Å²) in [5.41, 5.74) is 8.46. The van der Waals surface area contributed by atoms with E-state index in [4.69, 9.17) is 4.74 Å². The van der Waals surface area contributed by atoms with Crippen LogP contribution in [0.25, 0.3) is 60.4 Å². The Bertz CT molecular complexity index is 1990. The van der Waals surface area contributed by atoms with Crippen molar-refractivity contribution < 1.29 is 4.74 Å². The number of hydrogen-bond acceptors (Lipinski definition) is 1. The van der Waals surface area contributed by atoms with E-state index in [1.807, 2.05) is 19.1 Å². The average Bonchev–Trinajstić information content (AvgIpc) is 3.58. The Labute approximate surface area is 239 Å². The van der Waals surface area contributed by atoms with Crippen molar-refractivity contribution in [2.75, 3.05) is 6.61 Å². The van der Waals surface area contributed by atoms with Gasteiger partial charge in [0.05, 0.1) is 17.6 Å². The third-order valence-corrected chi connectivity index (χ3v) is 7.62. The number of aromatic amines is 1. The molecule has 0 atom stereocenters. The Morgan fingerprint density at radius 2 is 0.927 bits per heavy atom. The minimum atomic E-state index is 0.687. The number of aromatic nitrogens is 2. The number of para-hydroxylation sites is 4. The molecule has 0 saturated carbocycles. The molecule has 0 aliphatic carbocycles. The zero-order valence-corrected chi connectivity index (χ0v) is 22.9. The molecular formula is C38H30N2O. The summed E-state index contributed by atoms with van der Waals surface area (Å²) in [6.07, 6.45) is 0. The van der Waals surface area contributed by atoms with Crippen molar-refractivity contribution in [2.24, 2.45) is 0 Å².